The summed E-state index contributed by atoms with van der Waals surface area (Å²) in [7, 11) is 0. The summed E-state index contributed by atoms with van der Waals surface area (Å²) in [4.78, 5) is 0. The largest absolute Gasteiger partial charge is 0.393 e. The van der Waals surface area contributed by atoms with Gasteiger partial charge < -0.3 is 10.4 Å². The molecule has 0 spiro atoms. The molecule has 2 N–H and O–H groups in total. The molecule has 0 atom stereocenters. The van der Waals surface area contributed by atoms with E-state index in [1.165, 1.54) is 25.7 Å². The van der Waals surface area contributed by atoms with Crippen LogP contribution < -0.4 is 5.32 Å². The molecule has 2 fully saturated rings. The van der Waals surface area contributed by atoms with Crippen LogP contribution in [-0.4, -0.2) is 23.8 Å². The zero-order chi connectivity index (χ0) is 12.3. The Labute approximate surface area is 106 Å². The zero-order valence-electron chi connectivity index (χ0n) is 11.5. The van der Waals surface area contributed by atoms with Gasteiger partial charge >= 0.3 is 0 Å². The number of aliphatic hydroxyl groups is 1. The molecule has 2 heteroatoms. The Morgan fingerprint density at radius 1 is 1.00 bits per heavy atom. The van der Waals surface area contributed by atoms with Crippen LogP contribution in [0.5, 0.6) is 0 Å². The third kappa shape index (κ3) is 3.69. The average Bonchev–Trinajstić information content (AvgIpc) is 2.82. The monoisotopic (exact) mass is 239 g/mol. The van der Waals surface area contributed by atoms with E-state index >= 15 is 0 Å². The van der Waals surface area contributed by atoms with Crippen LogP contribution in [0.15, 0.2) is 0 Å². The molecule has 0 saturated heterocycles. The molecule has 0 amide bonds. The fourth-order valence-electron chi connectivity index (χ4n) is 3.54. The lowest BCUT2D eigenvalue weighted by molar-refractivity contribution is 0.110. The maximum absolute atomic E-state index is 9.50. The third-order valence-electron chi connectivity index (χ3n) is 5.00. The van der Waals surface area contributed by atoms with E-state index in [-0.39, 0.29) is 6.10 Å². The van der Waals surface area contributed by atoms with Gasteiger partial charge in [-0.05, 0) is 49.9 Å². The second-order valence-corrected chi connectivity index (χ2v) is 6.86. The molecule has 2 saturated carbocycles. The summed E-state index contributed by atoms with van der Waals surface area (Å²) in [5, 5.41) is 13.2. The van der Waals surface area contributed by atoms with Crippen molar-refractivity contribution in [1.29, 1.82) is 0 Å². The summed E-state index contributed by atoms with van der Waals surface area (Å²) in [6.07, 6.45) is 9.98. The van der Waals surface area contributed by atoms with Crippen LogP contribution in [0.25, 0.3) is 0 Å². The van der Waals surface area contributed by atoms with Gasteiger partial charge in [-0.25, -0.2) is 0 Å². The molecular formula is C15H29NO. The fourth-order valence-corrected chi connectivity index (χ4v) is 3.54. The number of rotatable bonds is 4. The lowest BCUT2D eigenvalue weighted by atomic mass is 9.77. The Morgan fingerprint density at radius 2 is 1.59 bits per heavy atom. The SMILES string of the molecule is CC(C)(CNC1CCC(O)CC1)C1CCCC1. The van der Waals surface area contributed by atoms with E-state index in [4.69, 9.17) is 0 Å². The van der Waals surface area contributed by atoms with Gasteiger partial charge in [0.2, 0.25) is 0 Å². The lowest BCUT2D eigenvalue weighted by Gasteiger charge is -2.35. The number of nitrogens with one attached hydrogen (secondary N) is 1. The van der Waals surface area contributed by atoms with Crippen LogP contribution in [0.1, 0.15) is 65.2 Å². The molecule has 100 valence electrons. The van der Waals surface area contributed by atoms with Crippen LogP contribution in [-0.2, 0) is 0 Å². The Kier molecular flexibility index (Phi) is 4.48. The van der Waals surface area contributed by atoms with Gasteiger partial charge in [0.1, 0.15) is 0 Å². The maximum Gasteiger partial charge on any atom is 0.0541 e. The first-order chi connectivity index (χ1) is 8.08. The Morgan fingerprint density at radius 3 is 2.18 bits per heavy atom. The normalized spacial score (nSPS) is 31.9. The number of aliphatic hydroxyl groups excluding tert-OH is 1. The van der Waals surface area contributed by atoms with E-state index in [0.717, 1.165) is 38.1 Å². The molecular weight excluding hydrogens is 210 g/mol. The highest BCUT2D eigenvalue weighted by atomic mass is 16.3. The van der Waals surface area contributed by atoms with Crippen LogP contribution in [0.3, 0.4) is 0 Å². The highest BCUT2D eigenvalue weighted by Gasteiger charge is 2.32. The topological polar surface area (TPSA) is 32.3 Å². The quantitative estimate of drug-likeness (QED) is 0.790. The highest BCUT2D eigenvalue weighted by Crippen LogP contribution is 2.39. The molecule has 0 aromatic carbocycles. The number of hydrogen-bond donors (Lipinski definition) is 2. The summed E-state index contributed by atoms with van der Waals surface area (Å²) in [5.41, 5.74) is 0.451. The minimum atomic E-state index is -0.0316. The van der Waals surface area contributed by atoms with Crippen LogP contribution in [0, 0.1) is 11.3 Å². The molecule has 0 heterocycles. The standard InChI is InChI=1S/C15H29NO/c1-15(2,12-5-3-4-6-12)11-16-13-7-9-14(17)10-8-13/h12-14,16-17H,3-11H2,1-2H3. The minimum Gasteiger partial charge on any atom is -0.393 e. The summed E-state index contributed by atoms with van der Waals surface area (Å²) in [6, 6.07) is 0.652. The van der Waals surface area contributed by atoms with Gasteiger partial charge in [-0.2, -0.15) is 0 Å². The second-order valence-electron chi connectivity index (χ2n) is 6.86. The minimum absolute atomic E-state index is 0.0316. The van der Waals surface area contributed by atoms with Crippen molar-refractivity contribution in [2.24, 2.45) is 11.3 Å². The molecule has 2 rings (SSSR count). The van der Waals surface area contributed by atoms with Gasteiger partial charge in [-0.1, -0.05) is 26.7 Å². The van der Waals surface area contributed by atoms with Crippen molar-refractivity contribution in [1.82, 2.24) is 5.32 Å². The molecule has 2 aliphatic carbocycles. The molecule has 0 unspecified atom stereocenters. The van der Waals surface area contributed by atoms with Gasteiger partial charge in [-0.3, -0.25) is 0 Å². The van der Waals surface area contributed by atoms with Crippen molar-refractivity contribution in [2.75, 3.05) is 6.54 Å². The van der Waals surface area contributed by atoms with Gasteiger partial charge in [0.25, 0.3) is 0 Å². The van der Waals surface area contributed by atoms with E-state index in [0.29, 0.717) is 11.5 Å². The molecule has 0 aromatic heterocycles. The van der Waals surface area contributed by atoms with Crippen molar-refractivity contribution in [3.05, 3.63) is 0 Å². The van der Waals surface area contributed by atoms with Crippen LogP contribution in [0.2, 0.25) is 0 Å². The molecule has 0 bridgehead atoms. The maximum atomic E-state index is 9.50. The molecule has 0 radical (unpaired) electrons. The number of hydrogen-bond acceptors (Lipinski definition) is 2. The van der Waals surface area contributed by atoms with E-state index < -0.39 is 0 Å². The fraction of sp³-hybridized carbons (Fsp3) is 1.00. The molecule has 2 aliphatic rings. The summed E-state index contributed by atoms with van der Waals surface area (Å²) in [6.45, 7) is 6.00. The Balaban J connectivity index is 1.73. The van der Waals surface area contributed by atoms with Crippen LogP contribution in [0.4, 0.5) is 0 Å². The van der Waals surface area contributed by atoms with Crippen molar-refractivity contribution < 1.29 is 5.11 Å². The first-order valence-electron chi connectivity index (χ1n) is 7.49. The van der Waals surface area contributed by atoms with Crippen molar-refractivity contribution >= 4 is 0 Å². The summed E-state index contributed by atoms with van der Waals surface area (Å²) >= 11 is 0. The van der Waals surface area contributed by atoms with Gasteiger partial charge in [0.15, 0.2) is 0 Å². The summed E-state index contributed by atoms with van der Waals surface area (Å²) in [5.74, 6) is 0.921. The molecule has 0 aliphatic heterocycles. The van der Waals surface area contributed by atoms with Crippen molar-refractivity contribution in [3.8, 4) is 0 Å². The highest BCUT2D eigenvalue weighted by molar-refractivity contribution is 4.86. The predicted molar refractivity (Wildman–Crippen MR) is 72.0 cm³/mol. The van der Waals surface area contributed by atoms with E-state index in [1.54, 1.807) is 0 Å². The first-order valence-corrected chi connectivity index (χ1v) is 7.49. The van der Waals surface area contributed by atoms with Crippen molar-refractivity contribution in [2.45, 2.75) is 77.4 Å². The van der Waals surface area contributed by atoms with Crippen molar-refractivity contribution in [3.63, 3.8) is 0 Å². The van der Waals surface area contributed by atoms with E-state index in [1.807, 2.05) is 0 Å². The van der Waals surface area contributed by atoms with Gasteiger partial charge in [0.05, 0.1) is 6.10 Å². The molecule has 17 heavy (non-hydrogen) atoms. The van der Waals surface area contributed by atoms with Gasteiger partial charge in [0, 0.05) is 12.6 Å². The smallest absolute Gasteiger partial charge is 0.0541 e. The Bertz CT molecular complexity index is 225. The molecule has 0 aromatic rings. The average molecular weight is 239 g/mol. The zero-order valence-corrected chi connectivity index (χ0v) is 11.5. The summed E-state index contributed by atoms with van der Waals surface area (Å²) < 4.78 is 0. The predicted octanol–water partition coefficient (Wildman–Crippen LogP) is 3.10. The van der Waals surface area contributed by atoms with Crippen LogP contribution >= 0.6 is 0 Å². The van der Waals surface area contributed by atoms with E-state index in [9.17, 15) is 5.11 Å². The lowest BCUT2D eigenvalue weighted by Crippen LogP contribution is -2.42. The van der Waals surface area contributed by atoms with Gasteiger partial charge in [-0.15, -0.1) is 0 Å². The first kappa shape index (κ1) is 13.4. The molecule has 2 nitrogen and oxygen atoms in total. The Hall–Kier alpha value is -0.0800. The second kappa shape index (κ2) is 5.71. The third-order valence-corrected chi connectivity index (χ3v) is 5.00. The van der Waals surface area contributed by atoms with E-state index in [2.05, 4.69) is 19.2 Å².